The Bertz CT molecular complexity index is 1410. The first-order valence-corrected chi connectivity index (χ1v) is 11.7. The summed E-state index contributed by atoms with van der Waals surface area (Å²) in [6, 6.07) is 25.2. The maximum atomic E-state index is 12.8. The number of ether oxygens (including phenoxy) is 1. The fourth-order valence-electron chi connectivity index (χ4n) is 3.70. The molecule has 0 bridgehead atoms. The lowest BCUT2D eigenvalue weighted by molar-refractivity contribution is -0.113. The number of hydrogen-bond donors (Lipinski definition) is 1. The van der Waals surface area contributed by atoms with E-state index in [1.165, 1.54) is 11.8 Å². The molecule has 2 aromatic heterocycles. The summed E-state index contributed by atoms with van der Waals surface area (Å²) in [6.45, 7) is 0.453. The van der Waals surface area contributed by atoms with E-state index in [9.17, 15) is 4.79 Å². The molecular weight excluding hydrogens is 448 g/mol. The average molecular weight is 471 g/mol. The van der Waals surface area contributed by atoms with Crippen LogP contribution >= 0.6 is 11.8 Å². The van der Waals surface area contributed by atoms with E-state index in [0.717, 1.165) is 33.5 Å². The molecule has 0 saturated carbocycles. The molecular formula is C26H22N4O3S. The van der Waals surface area contributed by atoms with Gasteiger partial charge in [0.2, 0.25) is 5.91 Å². The van der Waals surface area contributed by atoms with Crippen LogP contribution in [0, 0.1) is 0 Å². The predicted molar refractivity (Wildman–Crippen MR) is 133 cm³/mol. The minimum Gasteiger partial charge on any atom is -0.497 e. The van der Waals surface area contributed by atoms with Crippen molar-refractivity contribution in [3.63, 3.8) is 0 Å². The molecule has 0 fully saturated rings. The third kappa shape index (κ3) is 4.67. The number of hydrogen-bond acceptors (Lipinski definition) is 6. The maximum Gasteiger partial charge on any atom is 0.234 e. The lowest BCUT2D eigenvalue weighted by atomic mass is 10.1. The molecule has 34 heavy (non-hydrogen) atoms. The zero-order valence-corrected chi connectivity index (χ0v) is 19.3. The summed E-state index contributed by atoms with van der Waals surface area (Å²) in [5.41, 5.74) is 1.69. The zero-order chi connectivity index (χ0) is 23.3. The van der Waals surface area contributed by atoms with Gasteiger partial charge in [-0.15, -0.1) is 10.2 Å². The van der Waals surface area contributed by atoms with Crippen LogP contribution in [0.25, 0.3) is 22.2 Å². The molecule has 0 atom stereocenters. The second kappa shape index (κ2) is 9.84. The van der Waals surface area contributed by atoms with Crippen LogP contribution in [-0.2, 0) is 11.3 Å². The van der Waals surface area contributed by atoms with Gasteiger partial charge in [-0.1, -0.05) is 48.2 Å². The summed E-state index contributed by atoms with van der Waals surface area (Å²) in [5.74, 6) is 2.32. The monoisotopic (exact) mass is 470 g/mol. The first-order valence-electron chi connectivity index (χ1n) is 10.7. The molecule has 0 unspecified atom stereocenters. The van der Waals surface area contributed by atoms with Crippen LogP contribution in [-0.4, -0.2) is 33.5 Å². The number of aromatic nitrogens is 3. The molecule has 0 spiro atoms. The van der Waals surface area contributed by atoms with Crippen molar-refractivity contribution in [1.82, 2.24) is 14.8 Å². The minimum absolute atomic E-state index is 0.111. The molecule has 1 N–H and O–H groups in total. The highest BCUT2D eigenvalue weighted by atomic mass is 32.2. The van der Waals surface area contributed by atoms with Crippen LogP contribution in [0.4, 0.5) is 5.69 Å². The SMILES string of the molecule is COc1ccc(-c2nnc(SCC(=O)Nc3cccc4ccccc34)n2Cc2ccco2)cc1. The molecule has 170 valence electrons. The van der Waals surface area contributed by atoms with Crippen molar-refractivity contribution in [3.05, 3.63) is 90.9 Å². The van der Waals surface area contributed by atoms with Gasteiger partial charge in [0.1, 0.15) is 11.5 Å². The van der Waals surface area contributed by atoms with E-state index >= 15 is 0 Å². The highest BCUT2D eigenvalue weighted by Crippen LogP contribution is 2.28. The van der Waals surface area contributed by atoms with Crippen molar-refractivity contribution >= 4 is 34.1 Å². The molecule has 0 aliphatic carbocycles. The van der Waals surface area contributed by atoms with Crippen LogP contribution in [0.1, 0.15) is 5.76 Å². The third-order valence-corrected chi connectivity index (χ3v) is 6.32. The minimum atomic E-state index is -0.111. The summed E-state index contributed by atoms with van der Waals surface area (Å²) in [7, 11) is 1.63. The molecule has 1 amide bonds. The van der Waals surface area contributed by atoms with Crippen LogP contribution < -0.4 is 10.1 Å². The summed E-state index contributed by atoms with van der Waals surface area (Å²) >= 11 is 1.34. The van der Waals surface area contributed by atoms with E-state index in [4.69, 9.17) is 9.15 Å². The highest BCUT2D eigenvalue weighted by molar-refractivity contribution is 7.99. The van der Waals surface area contributed by atoms with E-state index < -0.39 is 0 Å². The Morgan fingerprint density at radius 1 is 1.00 bits per heavy atom. The second-order valence-electron chi connectivity index (χ2n) is 7.56. The second-order valence-corrected chi connectivity index (χ2v) is 8.51. The fraction of sp³-hybridized carbons (Fsp3) is 0.115. The molecule has 0 aliphatic rings. The van der Waals surface area contributed by atoms with Crippen molar-refractivity contribution in [2.75, 3.05) is 18.2 Å². The number of furan rings is 1. The normalized spacial score (nSPS) is 11.0. The lowest BCUT2D eigenvalue weighted by Gasteiger charge is -2.10. The Hall–Kier alpha value is -4.04. The van der Waals surface area contributed by atoms with Crippen LogP contribution in [0.15, 0.2) is 94.7 Å². The van der Waals surface area contributed by atoms with Gasteiger partial charge in [0.05, 0.1) is 25.7 Å². The molecule has 3 aromatic carbocycles. The van der Waals surface area contributed by atoms with Crippen LogP contribution in [0.2, 0.25) is 0 Å². The summed E-state index contributed by atoms with van der Waals surface area (Å²) in [5, 5.41) is 14.5. The van der Waals surface area contributed by atoms with E-state index in [1.54, 1.807) is 13.4 Å². The van der Waals surface area contributed by atoms with Crippen molar-refractivity contribution in [2.45, 2.75) is 11.7 Å². The smallest absolute Gasteiger partial charge is 0.234 e. The Morgan fingerprint density at radius 2 is 1.82 bits per heavy atom. The molecule has 2 heterocycles. The van der Waals surface area contributed by atoms with Crippen molar-refractivity contribution in [3.8, 4) is 17.1 Å². The van der Waals surface area contributed by atoms with Gasteiger partial charge in [-0.2, -0.15) is 0 Å². The first kappa shape index (κ1) is 21.8. The van der Waals surface area contributed by atoms with Gasteiger partial charge < -0.3 is 14.5 Å². The van der Waals surface area contributed by atoms with Crippen LogP contribution in [0.5, 0.6) is 5.75 Å². The standard InChI is InChI=1S/C26H22N4O3S/c1-32-20-13-11-19(12-14-20)25-28-29-26(30(25)16-21-8-5-15-33-21)34-17-24(31)27-23-10-4-7-18-6-2-3-9-22(18)23/h2-15H,16-17H2,1H3,(H,27,31). The van der Waals surface area contributed by atoms with Crippen LogP contribution in [0.3, 0.4) is 0 Å². The number of thioether (sulfide) groups is 1. The Kier molecular flexibility index (Phi) is 6.31. The third-order valence-electron chi connectivity index (χ3n) is 5.36. The van der Waals surface area contributed by atoms with E-state index in [0.29, 0.717) is 17.5 Å². The lowest BCUT2D eigenvalue weighted by Crippen LogP contribution is -2.15. The molecule has 0 aliphatic heterocycles. The Balaban J connectivity index is 1.36. The van der Waals surface area contributed by atoms with Crippen molar-refractivity contribution in [2.24, 2.45) is 0 Å². The quantitative estimate of drug-likeness (QED) is 0.303. The Morgan fingerprint density at radius 3 is 2.62 bits per heavy atom. The van der Waals surface area contributed by atoms with Gasteiger partial charge >= 0.3 is 0 Å². The number of methoxy groups -OCH3 is 1. The number of amides is 1. The zero-order valence-electron chi connectivity index (χ0n) is 18.5. The molecule has 7 nitrogen and oxygen atoms in total. The van der Waals surface area contributed by atoms with Gasteiger partial charge in [-0.3, -0.25) is 9.36 Å². The molecule has 5 rings (SSSR count). The fourth-order valence-corrected chi connectivity index (χ4v) is 4.44. The van der Waals surface area contributed by atoms with Gasteiger partial charge in [-0.25, -0.2) is 0 Å². The number of fused-ring (bicyclic) bond motifs is 1. The highest BCUT2D eigenvalue weighted by Gasteiger charge is 2.17. The number of rotatable bonds is 8. The Labute approximate surface area is 200 Å². The summed E-state index contributed by atoms with van der Waals surface area (Å²) in [6.07, 6.45) is 1.64. The number of nitrogens with one attached hydrogen (secondary N) is 1. The van der Waals surface area contributed by atoms with E-state index in [2.05, 4.69) is 15.5 Å². The van der Waals surface area contributed by atoms with E-state index in [1.807, 2.05) is 83.4 Å². The molecule has 0 saturated heterocycles. The number of anilines is 1. The topological polar surface area (TPSA) is 82.2 Å². The van der Waals surface area contributed by atoms with Gasteiger partial charge in [-0.05, 0) is 47.9 Å². The van der Waals surface area contributed by atoms with E-state index in [-0.39, 0.29) is 11.7 Å². The molecule has 0 radical (unpaired) electrons. The van der Waals surface area contributed by atoms with Crippen molar-refractivity contribution in [1.29, 1.82) is 0 Å². The largest absolute Gasteiger partial charge is 0.497 e. The first-order chi connectivity index (χ1) is 16.7. The molecule has 8 heteroatoms. The number of benzene rings is 3. The predicted octanol–water partition coefficient (Wildman–Crippen LogP) is 5.48. The number of carbonyl (C=O) groups excluding carboxylic acids is 1. The molecule has 5 aromatic rings. The number of nitrogens with zero attached hydrogens (tertiary/aromatic N) is 3. The summed E-state index contributed by atoms with van der Waals surface area (Å²) in [4.78, 5) is 12.8. The van der Waals surface area contributed by atoms with Gasteiger partial charge in [0.25, 0.3) is 0 Å². The number of carbonyl (C=O) groups is 1. The van der Waals surface area contributed by atoms with Gasteiger partial charge in [0.15, 0.2) is 11.0 Å². The maximum absolute atomic E-state index is 12.8. The average Bonchev–Trinajstić information content (AvgIpc) is 3.53. The van der Waals surface area contributed by atoms with Gasteiger partial charge in [0, 0.05) is 16.6 Å². The summed E-state index contributed by atoms with van der Waals surface area (Å²) < 4.78 is 12.8. The van der Waals surface area contributed by atoms with Crippen molar-refractivity contribution < 1.29 is 13.9 Å².